The van der Waals surface area contributed by atoms with Gasteiger partial charge in [-0.25, -0.2) is 9.97 Å². The Morgan fingerprint density at radius 3 is 1.88 bits per heavy atom. The molecule has 0 fully saturated rings. The van der Waals surface area contributed by atoms with Crippen molar-refractivity contribution in [2.24, 2.45) is 0 Å². The first kappa shape index (κ1) is 13.1. The number of halogens is 3. The molecule has 0 aliphatic heterocycles. The molecule has 88 valence electrons. The molecule has 1 aromatic heterocycles. The Labute approximate surface area is 124 Å². The number of hydrogen-bond donors (Lipinski definition) is 0. The molecule has 1 heterocycles. The number of aryl methyl sites for hydroxylation is 2. The summed E-state index contributed by atoms with van der Waals surface area (Å²) in [5.41, 5.74) is 3.26. The number of benzene rings is 1. The van der Waals surface area contributed by atoms with Crippen molar-refractivity contribution in [2.45, 2.75) is 13.8 Å². The second-order valence-electron chi connectivity index (χ2n) is 3.82. The summed E-state index contributed by atoms with van der Waals surface area (Å²) >= 11 is 14.0. The number of nitrogens with zero attached hydrogens (tertiary/aromatic N) is 2. The van der Waals surface area contributed by atoms with Gasteiger partial charge in [0, 0.05) is 5.56 Å². The third-order valence-corrected chi connectivity index (χ3v) is 4.46. The summed E-state index contributed by atoms with van der Waals surface area (Å²) in [5, 5.41) is 0.777. The topological polar surface area (TPSA) is 25.8 Å². The van der Waals surface area contributed by atoms with Crippen LogP contribution in [0.15, 0.2) is 18.2 Å². The molecule has 1 aromatic carbocycles. The lowest BCUT2D eigenvalue weighted by atomic mass is 10.1. The van der Waals surface area contributed by atoms with Gasteiger partial charge in [-0.05, 0) is 48.6 Å². The predicted octanol–water partition coefficient (Wildman–Crippen LogP) is 4.67. The Balaban J connectivity index is 2.60. The van der Waals surface area contributed by atoms with Crippen LogP contribution >= 0.6 is 45.8 Å². The third-order valence-electron chi connectivity index (χ3n) is 2.25. The van der Waals surface area contributed by atoms with E-state index in [0.717, 1.165) is 16.7 Å². The van der Waals surface area contributed by atoms with Gasteiger partial charge in [0.15, 0.2) is 5.82 Å². The van der Waals surface area contributed by atoms with Gasteiger partial charge < -0.3 is 0 Å². The maximum atomic E-state index is 6.01. The summed E-state index contributed by atoms with van der Waals surface area (Å²) in [4.78, 5) is 8.50. The molecule has 5 heteroatoms. The van der Waals surface area contributed by atoms with E-state index in [1.165, 1.54) is 0 Å². The van der Waals surface area contributed by atoms with E-state index < -0.39 is 0 Å². The highest BCUT2D eigenvalue weighted by Crippen LogP contribution is 2.27. The minimum absolute atomic E-state index is 0.389. The quantitative estimate of drug-likeness (QED) is 0.532. The zero-order valence-corrected chi connectivity index (χ0v) is 12.9. The highest BCUT2D eigenvalue weighted by atomic mass is 127. The zero-order valence-electron chi connectivity index (χ0n) is 9.26. The van der Waals surface area contributed by atoms with E-state index in [4.69, 9.17) is 23.2 Å². The number of hydrogen-bond acceptors (Lipinski definition) is 2. The Morgan fingerprint density at radius 1 is 0.941 bits per heavy atom. The molecule has 0 N–H and O–H groups in total. The average Bonchev–Trinajstić information content (AvgIpc) is 2.23. The molecule has 2 aromatic rings. The van der Waals surface area contributed by atoms with Gasteiger partial charge >= 0.3 is 0 Å². The first-order valence-electron chi connectivity index (χ1n) is 4.94. The molecule has 0 spiro atoms. The van der Waals surface area contributed by atoms with Gasteiger partial charge in [-0.3, -0.25) is 0 Å². The molecule has 0 aliphatic carbocycles. The molecule has 0 unspecified atom stereocenters. The summed E-state index contributed by atoms with van der Waals surface area (Å²) in [6.45, 7) is 4.07. The van der Waals surface area contributed by atoms with Gasteiger partial charge in [0.05, 0.1) is 3.57 Å². The van der Waals surface area contributed by atoms with Crippen LogP contribution < -0.4 is 0 Å². The van der Waals surface area contributed by atoms with Gasteiger partial charge in [-0.1, -0.05) is 40.4 Å². The van der Waals surface area contributed by atoms with E-state index in [1.54, 1.807) is 0 Å². The van der Waals surface area contributed by atoms with E-state index in [1.807, 2.05) is 48.6 Å². The van der Waals surface area contributed by atoms with Gasteiger partial charge in [0.25, 0.3) is 0 Å². The maximum absolute atomic E-state index is 6.01. The number of aromatic nitrogens is 2. The minimum Gasteiger partial charge on any atom is -0.215 e. The largest absolute Gasteiger partial charge is 0.215 e. The zero-order chi connectivity index (χ0) is 12.6. The highest BCUT2D eigenvalue weighted by Gasteiger charge is 2.10. The van der Waals surface area contributed by atoms with Crippen molar-refractivity contribution in [1.29, 1.82) is 0 Å². The summed E-state index contributed by atoms with van der Waals surface area (Å²) in [6.07, 6.45) is 0. The van der Waals surface area contributed by atoms with E-state index >= 15 is 0 Å². The molecular weight excluding hydrogens is 370 g/mol. The molecule has 2 rings (SSSR count). The molecule has 0 bridgehead atoms. The summed E-state index contributed by atoms with van der Waals surface area (Å²) in [5.74, 6) is 0.562. The van der Waals surface area contributed by atoms with Crippen LogP contribution in [-0.2, 0) is 0 Å². The van der Waals surface area contributed by atoms with Gasteiger partial charge in [0.2, 0.25) is 0 Å². The van der Waals surface area contributed by atoms with Crippen molar-refractivity contribution in [2.75, 3.05) is 0 Å². The van der Waals surface area contributed by atoms with Crippen molar-refractivity contribution in [3.8, 4) is 11.4 Å². The van der Waals surface area contributed by atoms with Crippen LogP contribution in [0.25, 0.3) is 11.4 Å². The predicted molar refractivity (Wildman–Crippen MR) is 79.7 cm³/mol. The number of rotatable bonds is 1. The Bertz CT molecular complexity index is 541. The van der Waals surface area contributed by atoms with E-state index in [2.05, 4.69) is 16.0 Å². The fraction of sp³-hybridized carbons (Fsp3) is 0.167. The minimum atomic E-state index is 0.389. The Kier molecular flexibility index (Phi) is 3.90. The molecular formula is C12H9Cl2IN2. The lowest BCUT2D eigenvalue weighted by Crippen LogP contribution is -1.94. The Hall–Kier alpha value is -0.390. The van der Waals surface area contributed by atoms with Crippen LogP contribution in [0.5, 0.6) is 0 Å². The molecule has 2 nitrogen and oxygen atoms in total. The lowest BCUT2D eigenvalue weighted by molar-refractivity contribution is 1.15. The van der Waals surface area contributed by atoms with Crippen LogP contribution in [0.1, 0.15) is 11.1 Å². The van der Waals surface area contributed by atoms with Crippen LogP contribution in [0.4, 0.5) is 0 Å². The van der Waals surface area contributed by atoms with E-state index in [0.29, 0.717) is 19.7 Å². The van der Waals surface area contributed by atoms with Crippen LogP contribution in [0, 0.1) is 17.4 Å². The monoisotopic (exact) mass is 378 g/mol. The normalized spacial score (nSPS) is 10.6. The van der Waals surface area contributed by atoms with Crippen LogP contribution in [0.2, 0.25) is 10.3 Å². The third kappa shape index (κ3) is 2.89. The fourth-order valence-electron chi connectivity index (χ4n) is 1.63. The summed E-state index contributed by atoms with van der Waals surface area (Å²) in [6, 6.07) is 6.13. The Morgan fingerprint density at radius 2 is 1.41 bits per heavy atom. The van der Waals surface area contributed by atoms with Crippen LogP contribution in [-0.4, -0.2) is 9.97 Å². The van der Waals surface area contributed by atoms with E-state index in [-0.39, 0.29) is 0 Å². The van der Waals surface area contributed by atoms with Crippen molar-refractivity contribution < 1.29 is 0 Å². The molecule has 0 saturated heterocycles. The van der Waals surface area contributed by atoms with Crippen LogP contribution in [0.3, 0.4) is 0 Å². The summed E-state index contributed by atoms with van der Waals surface area (Å²) in [7, 11) is 0. The second-order valence-corrected chi connectivity index (χ2v) is 5.61. The molecule has 0 amide bonds. The van der Waals surface area contributed by atoms with Crippen molar-refractivity contribution in [3.63, 3.8) is 0 Å². The molecule has 0 saturated carbocycles. The lowest BCUT2D eigenvalue weighted by Gasteiger charge is -2.06. The van der Waals surface area contributed by atoms with Crippen molar-refractivity contribution >= 4 is 45.8 Å². The van der Waals surface area contributed by atoms with Crippen molar-refractivity contribution in [3.05, 3.63) is 43.2 Å². The standard InChI is InChI=1S/C12H9Cl2IN2/c1-6-3-7(2)5-8(4-6)12-16-10(13)9(15)11(14)17-12/h3-5H,1-2H3. The maximum Gasteiger partial charge on any atom is 0.162 e. The molecule has 0 aliphatic rings. The second kappa shape index (κ2) is 5.08. The first-order chi connectivity index (χ1) is 7.97. The van der Waals surface area contributed by atoms with Gasteiger partial charge in [-0.15, -0.1) is 0 Å². The fourth-order valence-corrected chi connectivity index (χ4v) is 2.26. The average molecular weight is 379 g/mol. The molecule has 0 radical (unpaired) electrons. The summed E-state index contributed by atoms with van der Waals surface area (Å²) < 4.78 is 0.680. The smallest absolute Gasteiger partial charge is 0.162 e. The molecule has 0 atom stereocenters. The van der Waals surface area contributed by atoms with E-state index in [9.17, 15) is 0 Å². The molecule has 17 heavy (non-hydrogen) atoms. The highest BCUT2D eigenvalue weighted by molar-refractivity contribution is 14.1. The van der Waals surface area contributed by atoms with Gasteiger partial charge in [-0.2, -0.15) is 0 Å². The SMILES string of the molecule is Cc1cc(C)cc(-c2nc(Cl)c(I)c(Cl)n2)c1. The van der Waals surface area contributed by atoms with Gasteiger partial charge in [0.1, 0.15) is 10.3 Å². The first-order valence-corrected chi connectivity index (χ1v) is 6.78. The van der Waals surface area contributed by atoms with Crippen molar-refractivity contribution in [1.82, 2.24) is 9.97 Å².